The second-order valence-electron chi connectivity index (χ2n) is 5.50. The van der Waals surface area contributed by atoms with Crippen LogP contribution in [0.25, 0.3) is 0 Å². The summed E-state index contributed by atoms with van der Waals surface area (Å²) in [5.74, 6) is 0.728. The molecule has 0 saturated carbocycles. The van der Waals surface area contributed by atoms with E-state index >= 15 is 0 Å². The minimum Gasteiger partial charge on any atom is -0.381 e. The Morgan fingerprint density at radius 3 is 2.70 bits per heavy atom. The van der Waals surface area contributed by atoms with Gasteiger partial charge in [-0.05, 0) is 55.0 Å². The number of nitrogens with zero attached hydrogens (tertiary/aromatic N) is 2. The van der Waals surface area contributed by atoms with Crippen LogP contribution in [0.4, 0.5) is 0 Å². The molecule has 20 heavy (non-hydrogen) atoms. The van der Waals surface area contributed by atoms with Crippen LogP contribution in [-0.2, 0) is 24.2 Å². The molecule has 0 aromatic carbocycles. The van der Waals surface area contributed by atoms with Crippen LogP contribution in [0.2, 0.25) is 0 Å². The first-order chi connectivity index (χ1) is 9.67. The van der Waals surface area contributed by atoms with Gasteiger partial charge in [-0.25, -0.2) is 0 Å². The molecular formula is C15H26BrN3O. The van der Waals surface area contributed by atoms with Gasteiger partial charge in [-0.1, -0.05) is 6.92 Å². The van der Waals surface area contributed by atoms with Crippen LogP contribution in [-0.4, -0.2) is 29.0 Å². The van der Waals surface area contributed by atoms with E-state index in [1.54, 1.807) is 0 Å². The summed E-state index contributed by atoms with van der Waals surface area (Å²) in [6.07, 6.45) is 3.31. The minimum absolute atomic E-state index is 0.524. The fourth-order valence-electron chi connectivity index (χ4n) is 2.83. The molecular weight excluding hydrogens is 318 g/mol. The summed E-state index contributed by atoms with van der Waals surface area (Å²) in [6, 6.07) is 0.524. The summed E-state index contributed by atoms with van der Waals surface area (Å²) in [4.78, 5) is 0. The maximum Gasteiger partial charge on any atom is 0.0767 e. The fourth-order valence-corrected chi connectivity index (χ4v) is 3.53. The van der Waals surface area contributed by atoms with E-state index in [2.05, 4.69) is 51.8 Å². The average Bonchev–Trinajstić information content (AvgIpc) is 2.81. The normalized spacial score (nSPS) is 18.4. The first-order valence-electron chi connectivity index (χ1n) is 7.72. The maximum atomic E-state index is 5.44. The van der Waals surface area contributed by atoms with E-state index in [1.807, 2.05) is 0 Å². The van der Waals surface area contributed by atoms with E-state index < -0.39 is 0 Å². The second-order valence-corrected chi connectivity index (χ2v) is 6.29. The third kappa shape index (κ3) is 3.62. The smallest absolute Gasteiger partial charge is 0.0767 e. The van der Waals surface area contributed by atoms with Crippen molar-refractivity contribution < 1.29 is 4.74 Å². The lowest BCUT2D eigenvalue weighted by Gasteiger charge is -2.28. The van der Waals surface area contributed by atoms with E-state index in [0.29, 0.717) is 6.04 Å². The molecule has 1 aromatic rings. The van der Waals surface area contributed by atoms with Gasteiger partial charge in [0.25, 0.3) is 0 Å². The van der Waals surface area contributed by atoms with Crippen molar-refractivity contribution in [2.45, 2.75) is 59.2 Å². The lowest BCUT2D eigenvalue weighted by atomic mass is 9.93. The van der Waals surface area contributed by atoms with Gasteiger partial charge in [0, 0.05) is 32.3 Å². The molecule has 1 saturated heterocycles. The Morgan fingerprint density at radius 2 is 2.10 bits per heavy atom. The highest BCUT2D eigenvalue weighted by molar-refractivity contribution is 9.10. The maximum absolute atomic E-state index is 5.44. The van der Waals surface area contributed by atoms with Gasteiger partial charge in [0.15, 0.2) is 0 Å². The quantitative estimate of drug-likeness (QED) is 0.862. The SMILES string of the molecule is CCc1nn(CC)c(CNC(C)C2CCOCC2)c1Br. The zero-order valence-corrected chi connectivity index (χ0v) is 14.4. The highest BCUT2D eigenvalue weighted by atomic mass is 79.9. The van der Waals surface area contributed by atoms with Crippen molar-refractivity contribution in [2.24, 2.45) is 5.92 Å². The van der Waals surface area contributed by atoms with Crippen molar-refractivity contribution in [1.82, 2.24) is 15.1 Å². The Bertz CT molecular complexity index is 427. The van der Waals surface area contributed by atoms with Crippen molar-refractivity contribution >= 4 is 15.9 Å². The molecule has 2 rings (SSSR count). The van der Waals surface area contributed by atoms with Gasteiger partial charge in [-0.2, -0.15) is 5.10 Å². The summed E-state index contributed by atoms with van der Waals surface area (Å²) >= 11 is 3.71. The zero-order valence-electron chi connectivity index (χ0n) is 12.8. The van der Waals surface area contributed by atoms with Crippen molar-refractivity contribution in [3.05, 3.63) is 15.9 Å². The molecule has 5 heteroatoms. The highest BCUT2D eigenvalue weighted by Gasteiger charge is 2.21. The molecule has 4 nitrogen and oxygen atoms in total. The van der Waals surface area contributed by atoms with Crippen LogP contribution in [0, 0.1) is 5.92 Å². The topological polar surface area (TPSA) is 39.1 Å². The summed E-state index contributed by atoms with van der Waals surface area (Å²) < 4.78 is 8.72. The molecule has 0 amide bonds. The molecule has 1 N–H and O–H groups in total. The molecule has 114 valence electrons. The van der Waals surface area contributed by atoms with E-state index in [1.165, 1.54) is 23.0 Å². The predicted molar refractivity (Wildman–Crippen MR) is 84.8 cm³/mol. The Hall–Kier alpha value is -0.390. The summed E-state index contributed by atoms with van der Waals surface area (Å²) in [5, 5.41) is 8.32. The summed E-state index contributed by atoms with van der Waals surface area (Å²) in [5.41, 5.74) is 2.42. The number of aromatic nitrogens is 2. The van der Waals surface area contributed by atoms with Gasteiger partial charge < -0.3 is 10.1 Å². The number of rotatable bonds is 6. The first kappa shape index (κ1) is 16.0. The molecule has 0 spiro atoms. The molecule has 0 bridgehead atoms. The highest BCUT2D eigenvalue weighted by Crippen LogP contribution is 2.23. The van der Waals surface area contributed by atoms with Gasteiger partial charge in [0.1, 0.15) is 0 Å². The first-order valence-corrected chi connectivity index (χ1v) is 8.51. The van der Waals surface area contributed by atoms with E-state index in [4.69, 9.17) is 4.74 Å². The Kier molecular flexibility index (Phi) is 6.05. The summed E-state index contributed by atoms with van der Waals surface area (Å²) in [6.45, 7) is 10.2. The van der Waals surface area contributed by atoms with E-state index in [0.717, 1.165) is 44.3 Å². The van der Waals surface area contributed by atoms with Crippen molar-refractivity contribution in [3.63, 3.8) is 0 Å². The fraction of sp³-hybridized carbons (Fsp3) is 0.800. The van der Waals surface area contributed by atoms with Crippen LogP contribution in [0.5, 0.6) is 0 Å². The van der Waals surface area contributed by atoms with Crippen molar-refractivity contribution in [1.29, 1.82) is 0 Å². The lowest BCUT2D eigenvalue weighted by Crippen LogP contribution is -2.36. The van der Waals surface area contributed by atoms with Crippen LogP contribution < -0.4 is 5.32 Å². The third-order valence-corrected chi connectivity index (χ3v) is 5.17. The van der Waals surface area contributed by atoms with Crippen LogP contribution >= 0.6 is 15.9 Å². The third-order valence-electron chi connectivity index (χ3n) is 4.26. The van der Waals surface area contributed by atoms with E-state index in [-0.39, 0.29) is 0 Å². The molecule has 1 aromatic heterocycles. The second kappa shape index (κ2) is 7.57. The number of hydrogen-bond acceptors (Lipinski definition) is 3. The molecule has 1 aliphatic heterocycles. The van der Waals surface area contributed by atoms with Gasteiger partial charge >= 0.3 is 0 Å². The molecule has 0 aliphatic carbocycles. The molecule has 0 radical (unpaired) electrons. The predicted octanol–water partition coefficient (Wildman–Crippen LogP) is 3.13. The van der Waals surface area contributed by atoms with Crippen LogP contribution in [0.1, 0.15) is 45.0 Å². The Labute approximate surface area is 130 Å². The molecule has 1 aliphatic rings. The Balaban J connectivity index is 1.97. The van der Waals surface area contributed by atoms with Crippen molar-refractivity contribution in [3.8, 4) is 0 Å². The lowest BCUT2D eigenvalue weighted by molar-refractivity contribution is 0.0557. The molecule has 1 unspecified atom stereocenters. The van der Waals surface area contributed by atoms with Gasteiger partial charge in [-0.15, -0.1) is 0 Å². The standard InChI is InChI=1S/C15H26BrN3O/c1-4-13-15(16)14(19(5-2)18-13)10-17-11(3)12-6-8-20-9-7-12/h11-12,17H,4-10H2,1-3H3. The van der Waals surface area contributed by atoms with Crippen LogP contribution in [0.3, 0.4) is 0 Å². The molecule has 2 heterocycles. The van der Waals surface area contributed by atoms with Crippen LogP contribution in [0.15, 0.2) is 4.47 Å². The molecule has 1 fully saturated rings. The largest absolute Gasteiger partial charge is 0.381 e. The van der Waals surface area contributed by atoms with Gasteiger partial charge in [-0.3, -0.25) is 4.68 Å². The average molecular weight is 344 g/mol. The van der Waals surface area contributed by atoms with Gasteiger partial charge in [0.2, 0.25) is 0 Å². The zero-order chi connectivity index (χ0) is 14.5. The number of nitrogens with one attached hydrogen (secondary N) is 1. The van der Waals surface area contributed by atoms with Gasteiger partial charge in [0.05, 0.1) is 15.9 Å². The number of aryl methyl sites for hydroxylation is 2. The Morgan fingerprint density at radius 1 is 1.40 bits per heavy atom. The minimum atomic E-state index is 0.524. The van der Waals surface area contributed by atoms with Crippen molar-refractivity contribution in [2.75, 3.05) is 13.2 Å². The van der Waals surface area contributed by atoms with E-state index in [9.17, 15) is 0 Å². The number of hydrogen-bond donors (Lipinski definition) is 1. The monoisotopic (exact) mass is 343 g/mol. The number of ether oxygens (including phenoxy) is 1. The molecule has 1 atom stereocenters. The summed E-state index contributed by atoms with van der Waals surface area (Å²) in [7, 11) is 0. The number of halogens is 1.